The number of aryl methyl sites for hydroxylation is 1. The van der Waals surface area contributed by atoms with Crippen molar-refractivity contribution >= 4 is 40.6 Å². The number of hydrogen-bond acceptors (Lipinski definition) is 2. The zero-order valence-electron chi connectivity index (χ0n) is 14.4. The van der Waals surface area contributed by atoms with Crippen LogP contribution in [0.25, 0.3) is 16.9 Å². The van der Waals surface area contributed by atoms with Gasteiger partial charge in [-0.15, -0.1) is 0 Å². The van der Waals surface area contributed by atoms with E-state index in [2.05, 4.69) is 5.32 Å². The Kier molecular flexibility index (Phi) is 4.60. The maximum absolute atomic E-state index is 12.8. The quantitative estimate of drug-likeness (QED) is 0.471. The molecule has 0 radical (unpaired) electrons. The molecule has 0 saturated carbocycles. The molecule has 0 saturated heterocycles. The number of pyridine rings is 1. The van der Waals surface area contributed by atoms with Gasteiger partial charge in [-0.25, -0.2) is 4.98 Å². The topological polar surface area (TPSA) is 46.4 Å². The molecule has 6 heteroatoms. The number of nitrogens with zero attached hydrogens (tertiary/aromatic N) is 2. The monoisotopic (exact) mass is 395 g/mol. The van der Waals surface area contributed by atoms with Crippen molar-refractivity contribution in [3.63, 3.8) is 0 Å². The van der Waals surface area contributed by atoms with Crippen LogP contribution in [0, 0.1) is 6.92 Å². The number of imidazole rings is 1. The highest BCUT2D eigenvalue weighted by molar-refractivity contribution is 6.34. The third-order valence-corrected chi connectivity index (χ3v) is 4.78. The molecule has 0 unspecified atom stereocenters. The number of nitrogens with one attached hydrogen (secondary N) is 1. The predicted octanol–water partition coefficient (Wildman–Crippen LogP) is 5.87. The van der Waals surface area contributed by atoms with E-state index in [4.69, 9.17) is 28.2 Å². The smallest absolute Gasteiger partial charge is 0.258 e. The Morgan fingerprint density at radius 3 is 2.63 bits per heavy atom. The second-order valence-electron chi connectivity index (χ2n) is 6.19. The molecule has 2 aromatic heterocycles. The van der Waals surface area contributed by atoms with Gasteiger partial charge in [0.15, 0.2) is 0 Å². The van der Waals surface area contributed by atoms with Gasteiger partial charge in [0.05, 0.1) is 10.6 Å². The van der Waals surface area contributed by atoms with E-state index >= 15 is 0 Å². The second kappa shape index (κ2) is 7.06. The molecule has 0 aliphatic rings. The van der Waals surface area contributed by atoms with Crippen LogP contribution in [0.3, 0.4) is 0 Å². The summed E-state index contributed by atoms with van der Waals surface area (Å²) in [5.41, 5.74) is 3.64. The number of halogens is 2. The van der Waals surface area contributed by atoms with Gasteiger partial charge in [-0.1, -0.05) is 53.5 Å². The normalized spacial score (nSPS) is 10.9. The van der Waals surface area contributed by atoms with E-state index in [0.717, 1.165) is 16.8 Å². The first-order valence-electron chi connectivity index (χ1n) is 8.33. The lowest BCUT2D eigenvalue weighted by Crippen LogP contribution is -2.14. The molecule has 0 bridgehead atoms. The molecule has 0 atom stereocenters. The van der Waals surface area contributed by atoms with Crippen LogP contribution in [0.4, 0.5) is 5.82 Å². The largest absolute Gasteiger partial charge is 0.306 e. The number of rotatable bonds is 3. The summed E-state index contributed by atoms with van der Waals surface area (Å²) in [6.45, 7) is 1.98. The predicted molar refractivity (Wildman–Crippen MR) is 110 cm³/mol. The summed E-state index contributed by atoms with van der Waals surface area (Å²) in [4.78, 5) is 17.5. The van der Waals surface area contributed by atoms with Crippen molar-refractivity contribution in [2.75, 3.05) is 5.32 Å². The number of hydrogen-bond donors (Lipinski definition) is 1. The van der Waals surface area contributed by atoms with E-state index in [-0.39, 0.29) is 5.91 Å². The number of carbonyl (C=O) groups excluding carboxylic acids is 1. The van der Waals surface area contributed by atoms with Gasteiger partial charge in [0, 0.05) is 16.8 Å². The second-order valence-corrected chi connectivity index (χ2v) is 7.03. The molecule has 1 N–H and O–H groups in total. The van der Waals surface area contributed by atoms with Gasteiger partial charge in [0.1, 0.15) is 17.2 Å². The Balaban J connectivity index is 1.87. The molecule has 134 valence electrons. The van der Waals surface area contributed by atoms with Crippen molar-refractivity contribution in [1.82, 2.24) is 9.38 Å². The van der Waals surface area contributed by atoms with E-state index in [9.17, 15) is 4.79 Å². The molecule has 1 amide bonds. The zero-order valence-corrected chi connectivity index (χ0v) is 15.9. The molecule has 4 aromatic rings. The maximum atomic E-state index is 12.8. The Hall–Kier alpha value is -2.82. The lowest BCUT2D eigenvalue weighted by atomic mass is 10.1. The van der Waals surface area contributed by atoms with Crippen molar-refractivity contribution in [1.29, 1.82) is 0 Å². The summed E-state index contributed by atoms with van der Waals surface area (Å²) < 4.78 is 1.86. The highest BCUT2D eigenvalue weighted by atomic mass is 35.5. The minimum atomic E-state index is -0.299. The van der Waals surface area contributed by atoms with Gasteiger partial charge >= 0.3 is 0 Å². The van der Waals surface area contributed by atoms with Gasteiger partial charge in [-0.2, -0.15) is 0 Å². The Bertz CT molecular complexity index is 1170. The standard InChI is InChI=1S/C21H15Cl2N3O/c1-13-9-10-18-24-19(14-5-4-6-15(22)11-14)20(26(18)12-13)25-21(27)16-7-2-3-8-17(16)23/h2-12H,1H3,(H,25,27). The fraction of sp³-hybridized carbons (Fsp3) is 0.0476. The molecular formula is C21H15Cl2N3O. The summed E-state index contributed by atoms with van der Waals surface area (Å²) in [5, 5.41) is 3.96. The minimum Gasteiger partial charge on any atom is -0.306 e. The Morgan fingerprint density at radius 1 is 1.04 bits per heavy atom. The lowest BCUT2D eigenvalue weighted by molar-refractivity contribution is 0.102. The van der Waals surface area contributed by atoms with Crippen LogP contribution in [0.1, 0.15) is 15.9 Å². The summed E-state index contributed by atoms with van der Waals surface area (Å²) >= 11 is 12.3. The van der Waals surface area contributed by atoms with Crippen molar-refractivity contribution < 1.29 is 4.79 Å². The van der Waals surface area contributed by atoms with Crippen LogP contribution < -0.4 is 5.32 Å². The van der Waals surface area contributed by atoms with Gasteiger partial charge in [-0.3, -0.25) is 9.20 Å². The number of amides is 1. The third-order valence-electron chi connectivity index (χ3n) is 4.21. The summed E-state index contributed by atoms with van der Waals surface area (Å²) in [5.74, 6) is 0.271. The van der Waals surface area contributed by atoms with Crippen molar-refractivity contribution in [3.05, 3.63) is 88.0 Å². The fourth-order valence-electron chi connectivity index (χ4n) is 2.93. The van der Waals surface area contributed by atoms with Crippen LogP contribution in [0.2, 0.25) is 10.0 Å². The SMILES string of the molecule is Cc1ccc2nc(-c3cccc(Cl)c3)c(NC(=O)c3ccccc3Cl)n2c1. The molecule has 2 heterocycles. The van der Waals surface area contributed by atoms with E-state index in [1.807, 2.05) is 47.9 Å². The highest BCUT2D eigenvalue weighted by Gasteiger charge is 2.18. The number of anilines is 1. The minimum absolute atomic E-state index is 0.299. The Labute approximate surface area is 166 Å². The fourth-order valence-corrected chi connectivity index (χ4v) is 3.34. The number of carbonyl (C=O) groups is 1. The van der Waals surface area contributed by atoms with Crippen molar-refractivity contribution in [2.24, 2.45) is 0 Å². The number of benzene rings is 2. The first kappa shape index (κ1) is 17.6. The van der Waals surface area contributed by atoms with Gasteiger partial charge in [0.25, 0.3) is 5.91 Å². The molecule has 4 nitrogen and oxygen atoms in total. The van der Waals surface area contributed by atoms with Crippen LogP contribution in [0.5, 0.6) is 0 Å². The number of fused-ring (bicyclic) bond motifs is 1. The summed E-state index contributed by atoms with van der Waals surface area (Å²) in [6, 6.07) is 18.2. The van der Waals surface area contributed by atoms with Crippen LogP contribution >= 0.6 is 23.2 Å². The molecule has 0 spiro atoms. The third kappa shape index (κ3) is 3.42. The molecular weight excluding hydrogens is 381 g/mol. The first-order valence-corrected chi connectivity index (χ1v) is 9.09. The van der Waals surface area contributed by atoms with Crippen molar-refractivity contribution in [2.45, 2.75) is 6.92 Å². The van der Waals surface area contributed by atoms with Crippen LogP contribution in [-0.2, 0) is 0 Å². The lowest BCUT2D eigenvalue weighted by Gasteiger charge is -2.09. The highest BCUT2D eigenvalue weighted by Crippen LogP contribution is 2.31. The van der Waals surface area contributed by atoms with Crippen molar-refractivity contribution in [3.8, 4) is 11.3 Å². The maximum Gasteiger partial charge on any atom is 0.258 e. The molecule has 0 aliphatic carbocycles. The number of aromatic nitrogens is 2. The molecule has 2 aromatic carbocycles. The first-order chi connectivity index (χ1) is 13.0. The zero-order chi connectivity index (χ0) is 19.0. The Morgan fingerprint density at radius 2 is 1.85 bits per heavy atom. The van der Waals surface area contributed by atoms with E-state index in [1.54, 1.807) is 30.3 Å². The van der Waals surface area contributed by atoms with E-state index in [0.29, 0.717) is 27.1 Å². The van der Waals surface area contributed by atoms with E-state index < -0.39 is 0 Å². The van der Waals surface area contributed by atoms with Crippen LogP contribution in [0.15, 0.2) is 66.9 Å². The van der Waals surface area contributed by atoms with E-state index in [1.165, 1.54) is 0 Å². The molecule has 4 rings (SSSR count). The average molecular weight is 396 g/mol. The summed E-state index contributed by atoms with van der Waals surface area (Å²) in [7, 11) is 0. The molecule has 0 aliphatic heterocycles. The molecule has 0 fully saturated rings. The van der Waals surface area contributed by atoms with Gasteiger partial charge < -0.3 is 5.32 Å². The van der Waals surface area contributed by atoms with Gasteiger partial charge in [0.2, 0.25) is 0 Å². The average Bonchev–Trinajstić information content (AvgIpc) is 3.00. The van der Waals surface area contributed by atoms with Crippen LogP contribution in [-0.4, -0.2) is 15.3 Å². The van der Waals surface area contributed by atoms with Gasteiger partial charge in [-0.05, 0) is 42.8 Å². The molecule has 27 heavy (non-hydrogen) atoms. The summed E-state index contributed by atoms with van der Waals surface area (Å²) in [6.07, 6.45) is 1.93.